The highest BCUT2D eigenvalue weighted by Gasteiger charge is 2.41. The number of amidine groups is 1. The SMILES string of the molecule is COC(=O)C1=C(C)N=C(OC)N(C(=O)NCCCN2CCC(c3ccccc3)CC2)C1c1ccc(F)c(F)c1. The zero-order chi connectivity index (χ0) is 27.9. The number of esters is 1. The maximum Gasteiger partial charge on any atom is 0.338 e. The maximum absolute atomic E-state index is 14.2. The molecule has 208 valence electrons. The number of carbonyl (C=O) groups is 2. The van der Waals surface area contributed by atoms with Gasteiger partial charge in [-0.05, 0) is 75.0 Å². The van der Waals surface area contributed by atoms with E-state index < -0.39 is 29.7 Å². The number of hydrogen-bond acceptors (Lipinski definition) is 6. The van der Waals surface area contributed by atoms with E-state index in [0.29, 0.717) is 18.9 Å². The van der Waals surface area contributed by atoms with Crippen LogP contribution in [0.3, 0.4) is 0 Å². The lowest BCUT2D eigenvalue weighted by Gasteiger charge is -2.35. The van der Waals surface area contributed by atoms with Crippen molar-refractivity contribution < 1.29 is 27.8 Å². The van der Waals surface area contributed by atoms with Gasteiger partial charge in [0, 0.05) is 6.54 Å². The lowest BCUT2D eigenvalue weighted by atomic mass is 9.89. The molecular formula is C29H34F2N4O4. The molecule has 0 bridgehead atoms. The zero-order valence-corrected chi connectivity index (χ0v) is 22.5. The highest BCUT2D eigenvalue weighted by Crippen LogP contribution is 2.36. The summed E-state index contributed by atoms with van der Waals surface area (Å²) >= 11 is 0. The minimum Gasteiger partial charge on any atom is -0.468 e. The molecule has 0 radical (unpaired) electrons. The van der Waals surface area contributed by atoms with Crippen LogP contribution >= 0.6 is 0 Å². The quantitative estimate of drug-likeness (QED) is 0.405. The molecule has 2 aromatic rings. The number of likely N-dealkylation sites (tertiary alicyclic amines) is 1. The van der Waals surface area contributed by atoms with Crippen LogP contribution in [0.2, 0.25) is 0 Å². The number of benzene rings is 2. The first-order valence-corrected chi connectivity index (χ1v) is 13.0. The van der Waals surface area contributed by atoms with Crippen molar-refractivity contribution in [3.63, 3.8) is 0 Å². The van der Waals surface area contributed by atoms with E-state index in [9.17, 15) is 18.4 Å². The number of nitrogens with one attached hydrogen (secondary N) is 1. The van der Waals surface area contributed by atoms with Crippen molar-refractivity contribution in [3.05, 3.63) is 82.6 Å². The summed E-state index contributed by atoms with van der Waals surface area (Å²) in [6, 6.07) is 12.0. The first-order chi connectivity index (χ1) is 18.8. The van der Waals surface area contributed by atoms with Crippen molar-refractivity contribution >= 4 is 18.0 Å². The van der Waals surface area contributed by atoms with Gasteiger partial charge >= 0.3 is 18.0 Å². The third kappa shape index (κ3) is 6.44. The number of rotatable bonds is 7. The number of aliphatic imine (C=N–C) groups is 1. The third-order valence-corrected chi connectivity index (χ3v) is 7.24. The number of halogens is 2. The number of piperidine rings is 1. The molecule has 0 spiro atoms. The average Bonchev–Trinajstić information content (AvgIpc) is 2.96. The Morgan fingerprint density at radius 2 is 1.74 bits per heavy atom. The van der Waals surface area contributed by atoms with Crippen LogP contribution in [0.1, 0.15) is 49.3 Å². The summed E-state index contributed by atoms with van der Waals surface area (Å²) < 4.78 is 38.2. The first-order valence-electron chi connectivity index (χ1n) is 13.0. The number of nitrogens with zero attached hydrogens (tertiary/aromatic N) is 3. The molecule has 10 heteroatoms. The van der Waals surface area contributed by atoms with Gasteiger partial charge in [0.1, 0.15) is 6.04 Å². The molecule has 2 amide bonds. The molecule has 1 N–H and O–H groups in total. The van der Waals surface area contributed by atoms with E-state index in [4.69, 9.17) is 9.47 Å². The van der Waals surface area contributed by atoms with Crippen molar-refractivity contribution in [2.24, 2.45) is 4.99 Å². The molecule has 2 heterocycles. The molecule has 8 nitrogen and oxygen atoms in total. The summed E-state index contributed by atoms with van der Waals surface area (Å²) in [4.78, 5) is 33.9. The Kier molecular flexibility index (Phi) is 9.29. The van der Waals surface area contributed by atoms with Crippen LogP contribution in [0.5, 0.6) is 0 Å². The number of methoxy groups -OCH3 is 2. The summed E-state index contributed by atoms with van der Waals surface area (Å²) in [5.41, 5.74) is 1.83. The summed E-state index contributed by atoms with van der Waals surface area (Å²) in [6.07, 6.45) is 2.90. The van der Waals surface area contributed by atoms with Gasteiger partial charge in [0.15, 0.2) is 11.6 Å². The fraction of sp³-hybridized carbons (Fsp3) is 0.414. The molecule has 0 aromatic heterocycles. The van der Waals surface area contributed by atoms with E-state index in [0.717, 1.165) is 49.5 Å². The normalized spacial score (nSPS) is 18.5. The van der Waals surface area contributed by atoms with Gasteiger partial charge in [0.2, 0.25) is 0 Å². The van der Waals surface area contributed by atoms with Crippen LogP contribution in [0.25, 0.3) is 0 Å². The third-order valence-electron chi connectivity index (χ3n) is 7.24. The number of urea groups is 1. The summed E-state index contributed by atoms with van der Waals surface area (Å²) in [7, 11) is 2.55. The van der Waals surface area contributed by atoms with Crippen molar-refractivity contribution in [3.8, 4) is 0 Å². The van der Waals surface area contributed by atoms with Crippen LogP contribution in [0, 0.1) is 11.6 Å². The lowest BCUT2D eigenvalue weighted by molar-refractivity contribution is -0.136. The summed E-state index contributed by atoms with van der Waals surface area (Å²) in [6.45, 7) is 4.74. The summed E-state index contributed by atoms with van der Waals surface area (Å²) in [5.74, 6) is -2.31. The highest BCUT2D eigenvalue weighted by atomic mass is 19.2. The van der Waals surface area contributed by atoms with Crippen LogP contribution in [0.4, 0.5) is 13.6 Å². The van der Waals surface area contributed by atoms with Crippen molar-refractivity contribution in [2.45, 2.75) is 38.1 Å². The van der Waals surface area contributed by atoms with Crippen molar-refractivity contribution in [2.75, 3.05) is 40.4 Å². The van der Waals surface area contributed by atoms with Gasteiger partial charge in [-0.15, -0.1) is 0 Å². The van der Waals surface area contributed by atoms with Gasteiger partial charge in [0.25, 0.3) is 0 Å². The Balaban J connectivity index is 1.41. The van der Waals surface area contributed by atoms with Gasteiger partial charge < -0.3 is 19.7 Å². The lowest BCUT2D eigenvalue weighted by Crippen LogP contribution is -2.50. The van der Waals surface area contributed by atoms with E-state index in [1.54, 1.807) is 6.92 Å². The van der Waals surface area contributed by atoms with E-state index in [-0.39, 0.29) is 22.9 Å². The van der Waals surface area contributed by atoms with Crippen LogP contribution < -0.4 is 5.32 Å². The molecule has 0 saturated carbocycles. The fourth-order valence-electron chi connectivity index (χ4n) is 5.21. The fourth-order valence-corrected chi connectivity index (χ4v) is 5.21. The van der Waals surface area contributed by atoms with Crippen LogP contribution in [0.15, 0.2) is 64.8 Å². The monoisotopic (exact) mass is 540 g/mol. The second-order valence-corrected chi connectivity index (χ2v) is 9.65. The van der Waals surface area contributed by atoms with E-state index >= 15 is 0 Å². The van der Waals surface area contributed by atoms with Gasteiger partial charge in [-0.25, -0.2) is 28.3 Å². The van der Waals surface area contributed by atoms with Crippen molar-refractivity contribution in [1.29, 1.82) is 0 Å². The van der Waals surface area contributed by atoms with Crippen LogP contribution in [-0.4, -0.2) is 68.2 Å². The Bertz CT molecular complexity index is 1240. The Labute approximate surface area is 227 Å². The number of hydrogen-bond donors (Lipinski definition) is 1. The zero-order valence-electron chi connectivity index (χ0n) is 22.5. The minimum atomic E-state index is -1.13. The van der Waals surface area contributed by atoms with Gasteiger partial charge in [-0.3, -0.25) is 0 Å². The molecule has 2 aliphatic heterocycles. The predicted molar refractivity (Wildman–Crippen MR) is 143 cm³/mol. The Morgan fingerprint density at radius 1 is 1.03 bits per heavy atom. The number of ether oxygens (including phenoxy) is 2. The highest BCUT2D eigenvalue weighted by molar-refractivity contribution is 6.00. The number of amides is 2. The second kappa shape index (κ2) is 12.8. The van der Waals surface area contributed by atoms with Gasteiger partial charge in [0.05, 0.1) is 25.5 Å². The minimum absolute atomic E-state index is 0.0285. The first kappa shape index (κ1) is 28.2. The molecule has 1 saturated heterocycles. The molecule has 1 fully saturated rings. The predicted octanol–water partition coefficient (Wildman–Crippen LogP) is 4.75. The van der Waals surface area contributed by atoms with Crippen molar-refractivity contribution in [1.82, 2.24) is 15.1 Å². The van der Waals surface area contributed by atoms with E-state index in [1.807, 2.05) is 6.07 Å². The molecule has 39 heavy (non-hydrogen) atoms. The van der Waals surface area contributed by atoms with E-state index in [1.165, 1.54) is 25.8 Å². The standard InChI is InChI=1S/C29H34F2N4O4/c1-19-25(27(36)38-2)26(22-10-11-23(30)24(31)18-22)35(29(33-19)39-3)28(37)32-14-7-15-34-16-12-21(13-17-34)20-8-5-4-6-9-20/h4-6,8-11,18,21,26H,7,12-17H2,1-3H3,(H,32,37). The maximum atomic E-state index is 14.2. The van der Waals surface area contributed by atoms with E-state index in [2.05, 4.69) is 39.5 Å². The molecule has 0 aliphatic carbocycles. The Morgan fingerprint density at radius 3 is 2.38 bits per heavy atom. The molecule has 1 atom stereocenters. The molecule has 2 aliphatic rings. The largest absolute Gasteiger partial charge is 0.468 e. The molecular weight excluding hydrogens is 506 g/mol. The second-order valence-electron chi connectivity index (χ2n) is 9.65. The van der Waals surface area contributed by atoms with Crippen LogP contribution in [-0.2, 0) is 14.3 Å². The number of allylic oxidation sites excluding steroid dienone is 1. The van der Waals surface area contributed by atoms with Gasteiger partial charge in [-0.2, -0.15) is 0 Å². The Hall–Kier alpha value is -3.79. The topological polar surface area (TPSA) is 83.5 Å². The smallest absolute Gasteiger partial charge is 0.338 e. The summed E-state index contributed by atoms with van der Waals surface area (Å²) in [5, 5.41) is 2.87. The average molecular weight is 541 g/mol. The molecule has 4 rings (SSSR count). The number of carbonyl (C=O) groups excluding carboxylic acids is 2. The van der Waals surface area contributed by atoms with Gasteiger partial charge in [-0.1, -0.05) is 36.4 Å². The molecule has 1 unspecified atom stereocenters. The molecule has 2 aromatic carbocycles.